The number of benzene rings is 1. The van der Waals surface area contributed by atoms with Crippen molar-refractivity contribution < 1.29 is 9.90 Å². The fourth-order valence-corrected chi connectivity index (χ4v) is 2.38. The summed E-state index contributed by atoms with van der Waals surface area (Å²) < 4.78 is 0. The minimum atomic E-state index is -0.695. The first-order valence-corrected chi connectivity index (χ1v) is 7.33. The molecule has 0 aliphatic carbocycles. The molecule has 0 radical (unpaired) electrons. The Bertz CT molecular complexity index is 445. The Morgan fingerprint density at radius 1 is 1.40 bits per heavy atom. The highest BCUT2D eigenvalue weighted by molar-refractivity contribution is 5.94. The molecule has 4 heteroatoms. The predicted octanol–water partition coefficient (Wildman–Crippen LogP) is 1.93. The summed E-state index contributed by atoms with van der Waals surface area (Å²) in [7, 11) is 0. The zero-order chi connectivity index (χ0) is 14.6. The molecule has 0 unspecified atom stereocenters. The van der Waals surface area contributed by atoms with Gasteiger partial charge in [-0.3, -0.25) is 4.79 Å². The highest BCUT2D eigenvalue weighted by atomic mass is 16.3. The smallest absolute Gasteiger partial charge is 0.228 e. The molecule has 2 N–H and O–H groups in total. The van der Waals surface area contributed by atoms with Gasteiger partial charge in [0.25, 0.3) is 0 Å². The van der Waals surface area contributed by atoms with Crippen LogP contribution in [0, 0.1) is 0 Å². The number of nitrogens with zero attached hydrogens (tertiary/aromatic N) is 1. The summed E-state index contributed by atoms with van der Waals surface area (Å²) in [6.45, 7) is 5.05. The lowest BCUT2D eigenvalue weighted by Crippen LogP contribution is -2.49. The number of anilines is 1. The second-order valence-electron chi connectivity index (χ2n) is 5.80. The monoisotopic (exact) mass is 276 g/mol. The lowest BCUT2D eigenvalue weighted by molar-refractivity contribution is -0.120. The van der Waals surface area contributed by atoms with Gasteiger partial charge in [0, 0.05) is 31.2 Å². The van der Waals surface area contributed by atoms with Crippen molar-refractivity contribution in [1.82, 2.24) is 5.32 Å². The fourth-order valence-electron chi connectivity index (χ4n) is 2.38. The SMILES string of the molecule is CC[C@@](C)(O)CN[C@H]1CCN(c2ccccc2)C(=O)C1. The zero-order valence-corrected chi connectivity index (χ0v) is 12.3. The average Bonchev–Trinajstić information content (AvgIpc) is 2.46. The van der Waals surface area contributed by atoms with Gasteiger partial charge in [-0.15, -0.1) is 0 Å². The van der Waals surface area contributed by atoms with Crippen molar-refractivity contribution in [3.05, 3.63) is 30.3 Å². The number of nitrogens with one attached hydrogen (secondary N) is 1. The molecule has 0 aromatic heterocycles. The summed E-state index contributed by atoms with van der Waals surface area (Å²) in [5.41, 5.74) is 0.274. The second-order valence-corrected chi connectivity index (χ2v) is 5.80. The standard InChI is InChI=1S/C16H24N2O2/c1-3-16(2,20)12-17-13-9-10-18(15(19)11-13)14-7-5-4-6-8-14/h4-8,13,17,20H,3,9-12H2,1-2H3/t13-,16+/m0/s1. The molecule has 1 aliphatic rings. The normalized spacial score (nSPS) is 22.6. The quantitative estimate of drug-likeness (QED) is 0.864. The highest BCUT2D eigenvalue weighted by Gasteiger charge is 2.28. The van der Waals surface area contributed by atoms with E-state index in [1.165, 1.54) is 0 Å². The summed E-state index contributed by atoms with van der Waals surface area (Å²) in [5.74, 6) is 0.149. The third-order valence-electron chi connectivity index (χ3n) is 4.02. The summed E-state index contributed by atoms with van der Waals surface area (Å²) in [5, 5.41) is 13.3. The van der Waals surface area contributed by atoms with Gasteiger partial charge in [0.1, 0.15) is 0 Å². The molecule has 1 saturated heterocycles. The molecule has 2 atom stereocenters. The third kappa shape index (κ3) is 3.81. The van der Waals surface area contributed by atoms with Gasteiger partial charge in [-0.2, -0.15) is 0 Å². The largest absolute Gasteiger partial charge is 0.389 e. The van der Waals surface area contributed by atoms with E-state index in [1.807, 2.05) is 49.1 Å². The van der Waals surface area contributed by atoms with Gasteiger partial charge in [-0.1, -0.05) is 25.1 Å². The van der Waals surface area contributed by atoms with Crippen molar-refractivity contribution in [2.45, 2.75) is 44.8 Å². The minimum absolute atomic E-state index is 0.149. The highest BCUT2D eigenvalue weighted by Crippen LogP contribution is 2.21. The molecule has 0 bridgehead atoms. The van der Waals surface area contributed by atoms with Crippen LogP contribution < -0.4 is 10.2 Å². The van der Waals surface area contributed by atoms with E-state index >= 15 is 0 Å². The van der Waals surface area contributed by atoms with Crippen molar-refractivity contribution in [3.8, 4) is 0 Å². The third-order valence-corrected chi connectivity index (χ3v) is 4.02. The van der Waals surface area contributed by atoms with Crippen molar-refractivity contribution >= 4 is 11.6 Å². The van der Waals surface area contributed by atoms with Crippen LogP contribution in [0.3, 0.4) is 0 Å². The molecule has 0 saturated carbocycles. The van der Waals surface area contributed by atoms with Gasteiger partial charge in [0.15, 0.2) is 0 Å². The summed E-state index contributed by atoms with van der Waals surface area (Å²) in [6.07, 6.45) is 2.12. The molecule has 2 rings (SSSR count). The van der Waals surface area contributed by atoms with Gasteiger partial charge in [-0.25, -0.2) is 0 Å². The van der Waals surface area contributed by atoms with E-state index in [9.17, 15) is 9.90 Å². The van der Waals surface area contributed by atoms with Gasteiger partial charge in [0.2, 0.25) is 5.91 Å². The Morgan fingerprint density at radius 3 is 2.70 bits per heavy atom. The summed E-state index contributed by atoms with van der Waals surface area (Å²) in [6, 6.07) is 9.95. The van der Waals surface area contributed by atoms with E-state index in [1.54, 1.807) is 0 Å². The molecular weight excluding hydrogens is 252 g/mol. The first-order chi connectivity index (χ1) is 9.52. The maximum absolute atomic E-state index is 12.2. The fraction of sp³-hybridized carbons (Fsp3) is 0.562. The molecule has 1 heterocycles. The van der Waals surface area contributed by atoms with Crippen LogP contribution in [0.25, 0.3) is 0 Å². The lowest BCUT2D eigenvalue weighted by Gasteiger charge is -2.34. The number of hydrogen-bond donors (Lipinski definition) is 2. The van der Waals surface area contributed by atoms with Crippen LogP contribution in [0.1, 0.15) is 33.1 Å². The van der Waals surface area contributed by atoms with Crippen LogP contribution in [0.15, 0.2) is 30.3 Å². The van der Waals surface area contributed by atoms with Gasteiger partial charge < -0.3 is 15.3 Å². The van der Waals surface area contributed by atoms with Crippen LogP contribution in [0.2, 0.25) is 0 Å². The lowest BCUT2D eigenvalue weighted by atomic mass is 10.00. The summed E-state index contributed by atoms with van der Waals surface area (Å²) in [4.78, 5) is 14.1. The van der Waals surface area contributed by atoms with E-state index in [0.29, 0.717) is 19.4 Å². The molecule has 1 aliphatic heterocycles. The van der Waals surface area contributed by atoms with E-state index in [2.05, 4.69) is 5.32 Å². The number of carbonyl (C=O) groups excluding carboxylic acids is 1. The van der Waals surface area contributed by atoms with E-state index in [4.69, 9.17) is 0 Å². The Kier molecular flexibility index (Phi) is 4.78. The molecular formula is C16H24N2O2. The average molecular weight is 276 g/mol. The Morgan fingerprint density at radius 2 is 2.10 bits per heavy atom. The molecule has 20 heavy (non-hydrogen) atoms. The first kappa shape index (κ1) is 15.0. The van der Waals surface area contributed by atoms with Crippen LogP contribution in [0.4, 0.5) is 5.69 Å². The Hall–Kier alpha value is -1.39. The number of para-hydroxylation sites is 1. The second kappa shape index (κ2) is 6.37. The molecule has 1 aromatic rings. The molecule has 4 nitrogen and oxygen atoms in total. The van der Waals surface area contributed by atoms with E-state index in [0.717, 1.165) is 18.7 Å². The van der Waals surface area contributed by atoms with Crippen molar-refractivity contribution in [2.24, 2.45) is 0 Å². The van der Waals surface area contributed by atoms with Crippen molar-refractivity contribution in [2.75, 3.05) is 18.0 Å². The van der Waals surface area contributed by atoms with Gasteiger partial charge in [-0.05, 0) is 31.9 Å². The molecule has 1 amide bonds. The number of hydrogen-bond acceptors (Lipinski definition) is 3. The maximum atomic E-state index is 12.2. The number of carbonyl (C=O) groups is 1. The number of amides is 1. The topological polar surface area (TPSA) is 52.6 Å². The van der Waals surface area contributed by atoms with Gasteiger partial charge in [0.05, 0.1) is 5.60 Å². The molecule has 1 aromatic carbocycles. The Labute approximate surface area is 120 Å². The van der Waals surface area contributed by atoms with Crippen LogP contribution in [-0.4, -0.2) is 35.7 Å². The molecule has 110 valence electrons. The van der Waals surface area contributed by atoms with Crippen LogP contribution in [-0.2, 0) is 4.79 Å². The van der Waals surface area contributed by atoms with E-state index < -0.39 is 5.60 Å². The minimum Gasteiger partial charge on any atom is -0.389 e. The number of aliphatic hydroxyl groups is 1. The van der Waals surface area contributed by atoms with Gasteiger partial charge >= 0.3 is 0 Å². The molecule has 0 spiro atoms. The first-order valence-electron chi connectivity index (χ1n) is 7.33. The van der Waals surface area contributed by atoms with Crippen LogP contribution in [0.5, 0.6) is 0 Å². The molecule has 1 fully saturated rings. The van der Waals surface area contributed by atoms with E-state index in [-0.39, 0.29) is 11.9 Å². The van der Waals surface area contributed by atoms with Crippen molar-refractivity contribution in [3.63, 3.8) is 0 Å². The number of piperidine rings is 1. The predicted molar refractivity (Wildman–Crippen MR) is 80.7 cm³/mol. The van der Waals surface area contributed by atoms with Crippen LogP contribution >= 0.6 is 0 Å². The Balaban J connectivity index is 1.88. The number of rotatable bonds is 5. The zero-order valence-electron chi connectivity index (χ0n) is 12.3. The van der Waals surface area contributed by atoms with Crippen molar-refractivity contribution in [1.29, 1.82) is 0 Å². The summed E-state index contributed by atoms with van der Waals surface area (Å²) >= 11 is 0. The maximum Gasteiger partial charge on any atom is 0.228 e.